The van der Waals surface area contributed by atoms with Crippen molar-refractivity contribution in [3.63, 3.8) is 0 Å². The number of hydrogen-bond acceptors (Lipinski definition) is 2. The van der Waals surface area contributed by atoms with Gasteiger partial charge in [0.1, 0.15) is 0 Å². The summed E-state index contributed by atoms with van der Waals surface area (Å²) in [6.45, 7) is 0. The predicted molar refractivity (Wildman–Crippen MR) is 80.8 cm³/mol. The van der Waals surface area contributed by atoms with Crippen LogP contribution in [0.1, 0.15) is 43.8 Å². The second kappa shape index (κ2) is 7.04. The summed E-state index contributed by atoms with van der Waals surface area (Å²) in [6.07, 6.45) is 6.04. The van der Waals surface area contributed by atoms with E-state index < -0.39 is 6.10 Å². The molecule has 2 rings (SSSR count). The monoisotopic (exact) mass is 304 g/mol. The molecule has 0 saturated heterocycles. The molecule has 1 N–H and O–H groups in total. The molecule has 18 heavy (non-hydrogen) atoms. The molecule has 4 heteroatoms. The Kier molecular flexibility index (Phi) is 5.68. The molecule has 0 amide bonds. The van der Waals surface area contributed by atoms with Crippen molar-refractivity contribution in [2.75, 3.05) is 5.75 Å². The van der Waals surface area contributed by atoms with Gasteiger partial charge in [0.2, 0.25) is 0 Å². The molecule has 1 aromatic carbocycles. The van der Waals surface area contributed by atoms with Gasteiger partial charge in [-0.2, -0.15) is 11.8 Å². The Labute approximate surface area is 123 Å². The highest BCUT2D eigenvalue weighted by molar-refractivity contribution is 7.99. The van der Waals surface area contributed by atoms with Crippen molar-refractivity contribution >= 4 is 35.0 Å². The first-order valence-electron chi connectivity index (χ1n) is 6.41. The largest absolute Gasteiger partial charge is 0.387 e. The van der Waals surface area contributed by atoms with E-state index >= 15 is 0 Å². The molecule has 1 nitrogen and oxygen atoms in total. The van der Waals surface area contributed by atoms with E-state index in [9.17, 15) is 5.11 Å². The molecule has 1 aliphatic rings. The number of thioether (sulfide) groups is 1. The quantitative estimate of drug-likeness (QED) is 0.836. The van der Waals surface area contributed by atoms with Crippen LogP contribution in [0.5, 0.6) is 0 Å². The van der Waals surface area contributed by atoms with Crippen LogP contribution in [0, 0.1) is 0 Å². The lowest BCUT2D eigenvalue weighted by molar-refractivity contribution is 0.204. The lowest BCUT2D eigenvalue weighted by Gasteiger charge is -2.22. The summed E-state index contributed by atoms with van der Waals surface area (Å²) in [5.74, 6) is 0.699. The summed E-state index contributed by atoms with van der Waals surface area (Å²) in [7, 11) is 0. The van der Waals surface area contributed by atoms with Crippen LogP contribution in [0.15, 0.2) is 18.2 Å². The SMILES string of the molecule is OC(CSC1CCCCC1)c1cc(Cl)ccc1Cl. The molecule has 1 unspecified atom stereocenters. The van der Waals surface area contributed by atoms with Crippen LogP contribution in [-0.4, -0.2) is 16.1 Å². The fourth-order valence-electron chi connectivity index (χ4n) is 2.32. The molecule has 1 fully saturated rings. The Morgan fingerprint density at radius 2 is 1.94 bits per heavy atom. The van der Waals surface area contributed by atoms with E-state index in [0.29, 0.717) is 21.0 Å². The zero-order valence-corrected chi connectivity index (χ0v) is 12.6. The number of rotatable bonds is 4. The zero-order valence-electron chi connectivity index (χ0n) is 10.2. The van der Waals surface area contributed by atoms with Crippen LogP contribution < -0.4 is 0 Å². The summed E-state index contributed by atoms with van der Waals surface area (Å²) in [6, 6.07) is 5.25. The van der Waals surface area contributed by atoms with Gasteiger partial charge in [-0.05, 0) is 31.0 Å². The molecule has 0 heterocycles. The normalized spacial score (nSPS) is 18.8. The van der Waals surface area contributed by atoms with E-state index in [1.54, 1.807) is 18.2 Å². The molecule has 100 valence electrons. The third kappa shape index (κ3) is 4.06. The van der Waals surface area contributed by atoms with Crippen molar-refractivity contribution in [1.29, 1.82) is 0 Å². The average molecular weight is 305 g/mol. The van der Waals surface area contributed by atoms with Crippen LogP contribution in [0.25, 0.3) is 0 Å². The van der Waals surface area contributed by atoms with E-state index in [1.165, 1.54) is 32.1 Å². The predicted octanol–water partition coefficient (Wildman–Crippen LogP) is 5.09. The van der Waals surface area contributed by atoms with Gasteiger partial charge < -0.3 is 5.11 Å². The minimum absolute atomic E-state index is 0.525. The van der Waals surface area contributed by atoms with E-state index in [4.69, 9.17) is 23.2 Å². The van der Waals surface area contributed by atoms with Gasteiger partial charge in [0.05, 0.1) is 6.10 Å². The maximum absolute atomic E-state index is 10.2. The van der Waals surface area contributed by atoms with Crippen LogP contribution in [0.4, 0.5) is 0 Å². The lowest BCUT2D eigenvalue weighted by Crippen LogP contribution is -2.11. The van der Waals surface area contributed by atoms with E-state index in [-0.39, 0.29) is 0 Å². The van der Waals surface area contributed by atoms with Gasteiger partial charge in [-0.25, -0.2) is 0 Å². The van der Waals surface area contributed by atoms with Gasteiger partial charge in [-0.1, -0.05) is 42.5 Å². The Hall–Kier alpha value is 0.110. The molecule has 1 saturated carbocycles. The number of halogens is 2. The van der Waals surface area contributed by atoms with Gasteiger partial charge in [-0.15, -0.1) is 0 Å². The summed E-state index contributed by atoms with van der Waals surface area (Å²) in [5, 5.41) is 12.1. The lowest BCUT2D eigenvalue weighted by atomic mass is 10.0. The third-order valence-electron chi connectivity index (χ3n) is 3.36. The number of aliphatic hydroxyl groups excluding tert-OH is 1. The molecule has 0 bridgehead atoms. The van der Waals surface area contributed by atoms with Crippen LogP contribution >= 0.6 is 35.0 Å². The number of aliphatic hydroxyl groups is 1. The van der Waals surface area contributed by atoms with Gasteiger partial charge in [0, 0.05) is 26.6 Å². The van der Waals surface area contributed by atoms with Gasteiger partial charge in [0.15, 0.2) is 0 Å². The Morgan fingerprint density at radius 1 is 1.22 bits per heavy atom. The summed E-state index contributed by atoms with van der Waals surface area (Å²) in [4.78, 5) is 0. The highest BCUT2D eigenvalue weighted by Gasteiger charge is 2.18. The minimum atomic E-state index is -0.525. The third-order valence-corrected chi connectivity index (χ3v) is 5.39. The molecular formula is C14H18Cl2OS. The molecule has 1 aromatic rings. The van der Waals surface area contributed by atoms with Crippen molar-refractivity contribution in [2.45, 2.75) is 43.5 Å². The van der Waals surface area contributed by atoms with E-state index in [0.717, 1.165) is 5.56 Å². The standard InChI is InChI=1S/C14H18Cl2OS/c15-10-6-7-13(16)12(8-10)14(17)9-18-11-4-2-1-3-5-11/h6-8,11,14,17H,1-5,9H2. The smallest absolute Gasteiger partial charge is 0.0895 e. The Bertz CT molecular complexity index is 391. The first kappa shape index (κ1) is 14.5. The highest BCUT2D eigenvalue weighted by Crippen LogP contribution is 2.33. The molecule has 0 aromatic heterocycles. The van der Waals surface area contributed by atoms with Crippen molar-refractivity contribution < 1.29 is 5.11 Å². The molecule has 0 spiro atoms. The molecular weight excluding hydrogens is 287 g/mol. The highest BCUT2D eigenvalue weighted by atomic mass is 35.5. The van der Waals surface area contributed by atoms with Gasteiger partial charge in [-0.3, -0.25) is 0 Å². The maximum Gasteiger partial charge on any atom is 0.0895 e. The fourth-order valence-corrected chi connectivity index (χ4v) is 4.04. The van der Waals surface area contributed by atoms with Crippen molar-refractivity contribution in [2.24, 2.45) is 0 Å². The molecule has 1 aliphatic carbocycles. The van der Waals surface area contributed by atoms with Gasteiger partial charge in [0.25, 0.3) is 0 Å². The Balaban J connectivity index is 1.90. The first-order valence-corrected chi connectivity index (χ1v) is 8.22. The minimum Gasteiger partial charge on any atom is -0.387 e. The second-order valence-electron chi connectivity index (χ2n) is 4.77. The van der Waals surface area contributed by atoms with Crippen molar-refractivity contribution in [1.82, 2.24) is 0 Å². The maximum atomic E-state index is 10.2. The topological polar surface area (TPSA) is 20.2 Å². The number of hydrogen-bond donors (Lipinski definition) is 1. The Morgan fingerprint density at radius 3 is 2.67 bits per heavy atom. The van der Waals surface area contributed by atoms with Crippen molar-refractivity contribution in [3.8, 4) is 0 Å². The molecule has 0 aliphatic heterocycles. The average Bonchev–Trinajstić information content (AvgIpc) is 2.40. The van der Waals surface area contributed by atoms with E-state index in [1.807, 2.05) is 11.8 Å². The first-order chi connectivity index (χ1) is 8.66. The van der Waals surface area contributed by atoms with E-state index in [2.05, 4.69) is 0 Å². The molecule has 1 atom stereocenters. The molecule has 0 radical (unpaired) electrons. The second-order valence-corrected chi connectivity index (χ2v) is 6.95. The summed E-state index contributed by atoms with van der Waals surface area (Å²) in [5.41, 5.74) is 0.743. The van der Waals surface area contributed by atoms with Crippen molar-refractivity contribution in [3.05, 3.63) is 33.8 Å². The summed E-state index contributed by atoms with van der Waals surface area (Å²) >= 11 is 13.9. The fraction of sp³-hybridized carbons (Fsp3) is 0.571. The van der Waals surface area contributed by atoms with Crippen LogP contribution in [0.3, 0.4) is 0 Å². The van der Waals surface area contributed by atoms with Gasteiger partial charge >= 0.3 is 0 Å². The van der Waals surface area contributed by atoms with Crippen LogP contribution in [-0.2, 0) is 0 Å². The van der Waals surface area contributed by atoms with Crippen LogP contribution in [0.2, 0.25) is 10.0 Å². The zero-order chi connectivity index (χ0) is 13.0. The summed E-state index contributed by atoms with van der Waals surface area (Å²) < 4.78 is 0. The number of benzene rings is 1.